The Labute approximate surface area is 126 Å². The van der Waals surface area contributed by atoms with Crippen LogP contribution in [0.15, 0.2) is 36.5 Å². The van der Waals surface area contributed by atoms with E-state index in [-0.39, 0.29) is 18.1 Å². The van der Waals surface area contributed by atoms with E-state index in [4.69, 9.17) is 9.47 Å². The molecular weight excluding hydrogens is 288 g/mol. The number of aromatic nitrogens is 1. The maximum Gasteiger partial charge on any atom is 0.309 e. The molecule has 0 amide bonds. The topological polar surface area (TPSA) is 83.6 Å². The van der Waals surface area contributed by atoms with E-state index >= 15 is 0 Å². The van der Waals surface area contributed by atoms with Crippen molar-refractivity contribution in [1.29, 1.82) is 0 Å². The fourth-order valence-corrected chi connectivity index (χ4v) is 2.69. The summed E-state index contributed by atoms with van der Waals surface area (Å²) in [7, 11) is 1.32. The van der Waals surface area contributed by atoms with E-state index in [1.54, 1.807) is 23.8 Å². The van der Waals surface area contributed by atoms with Gasteiger partial charge in [-0.3, -0.25) is 14.9 Å². The number of hydrogen-bond acceptors (Lipinski definition) is 5. The van der Waals surface area contributed by atoms with Crippen LogP contribution in [0.4, 0.5) is 5.69 Å². The van der Waals surface area contributed by atoms with E-state index in [9.17, 15) is 14.9 Å². The lowest BCUT2D eigenvalue weighted by Gasteiger charge is -2.36. The zero-order chi connectivity index (χ0) is 15.9. The fraction of sp³-hybridized carbons (Fsp3) is 0.267. The molecular formula is C15H14N2O5. The highest BCUT2D eigenvalue weighted by Gasteiger charge is 2.39. The first-order chi connectivity index (χ1) is 10.4. The van der Waals surface area contributed by atoms with Crippen LogP contribution < -0.4 is 4.74 Å². The van der Waals surface area contributed by atoms with Gasteiger partial charge in [-0.1, -0.05) is 0 Å². The summed E-state index contributed by atoms with van der Waals surface area (Å²) in [5.74, 6) is 0.0984. The van der Waals surface area contributed by atoms with Crippen molar-refractivity contribution in [3.8, 4) is 11.4 Å². The summed E-state index contributed by atoms with van der Waals surface area (Å²) in [5.41, 5.74) is 0.417. The molecule has 22 heavy (non-hydrogen) atoms. The van der Waals surface area contributed by atoms with Crippen LogP contribution in [0.1, 0.15) is 19.0 Å². The SMILES string of the molecule is COC(=O)CC1(C)Oc2ccc([N+](=O)[O-])cc2-n2cccc21. The number of carbonyl (C=O) groups excluding carboxylic acids is 1. The van der Waals surface area contributed by atoms with E-state index in [0.29, 0.717) is 11.4 Å². The van der Waals surface area contributed by atoms with E-state index in [1.165, 1.54) is 19.2 Å². The van der Waals surface area contributed by atoms with Crippen LogP contribution in [0, 0.1) is 10.1 Å². The van der Waals surface area contributed by atoms with Crippen LogP contribution in [-0.2, 0) is 15.1 Å². The lowest BCUT2D eigenvalue weighted by molar-refractivity contribution is -0.384. The van der Waals surface area contributed by atoms with E-state index in [2.05, 4.69) is 0 Å². The molecule has 0 radical (unpaired) electrons. The Balaban J connectivity index is 2.11. The second-order valence-electron chi connectivity index (χ2n) is 5.26. The molecule has 0 fully saturated rings. The highest BCUT2D eigenvalue weighted by molar-refractivity contribution is 5.71. The molecule has 1 aliphatic rings. The third-order valence-corrected chi connectivity index (χ3v) is 3.75. The summed E-state index contributed by atoms with van der Waals surface area (Å²) in [5, 5.41) is 10.9. The molecule has 0 aliphatic carbocycles. The Morgan fingerprint density at radius 3 is 2.91 bits per heavy atom. The smallest absolute Gasteiger partial charge is 0.309 e. The van der Waals surface area contributed by atoms with Gasteiger partial charge in [-0.2, -0.15) is 0 Å². The van der Waals surface area contributed by atoms with Crippen molar-refractivity contribution in [1.82, 2.24) is 4.57 Å². The van der Waals surface area contributed by atoms with Gasteiger partial charge < -0.3 is 14.0 Å². The van der Waals surface area contributed by atoms with Crippen LogP contribution in [0.2, 0.25) is 0 Å². The van der Waals surface area contributed by atoms with Gasteiger partial charge in [0, 0.05) is 18.3 Å². The average Bonchev–Trinajstić information content (AvgIpc) is 2.97. The zero-order valence-corrected chi connectivity index (χ0v) is 12.1. The van der Waals surface area contributed by atoms with E-state index in [1.807, 2.05) is 12.1 Å². The first-order valence-electron chi connectivity index (χ1n) is 6.67. The van der Waals surface area contributed by atoms with Gasteiger partial charge in [0.2, 0.25) is 0 Å². The van der Waals surface area contributed by atoms with Crippen molar-refractivity contribution in [2.24, 2.45) is 0 Å². The van der Waals surface area contributed by atoms with Crippen LogP contribution in [0.3, 0.4) is 0 Å². The molecule has 0 saturated carbocycles. The van der Waals surface area contributed by atoms with E-state index < -0.39 is 10.5 Å². The molecule has 1 aromatic carbocycles. The molecule has 3 rings (SSSR count). The molecule has 114 valence electrons. The Kier molecular flexibility index (Phi) is 3.13. The number of nitro groups is 1. The summed E-state index contributed by atoms with van der Waals surface area (Å²) >= 11 is 0. The third kappa shape index (κ3) is 2.11. The first kappa shape index (κ1) is 14.1. The molecule has 0 spiro atoms. The number of hydrogen-bond donors (Lipinski definition) is 0. The Morgan fingerprint density at radius 2 is 2.23 bits per heavy atom. The average molecular weight is 302 g/mol. The minimum Gasteiger partial charge on any atom is -0.478 e. The molecule has 1 aromatic heterocycles. The molecule has 1 unspecified atom stereocenters. The van der Waals surface area contributed by atoms with Crippen LogP contribution >= 0.6 is 0 Å². The maximum absolute atomic E-state index is 11.7. The van der Waals surface area contributed by atoms with Crippen molar-refractivity contribution in [2.45, 2.75) is 18.9 Å². The van der Waals surface area contributed by atoms with Gasteiger partial charge in [-0.15, -0.1) is 0 Å². The van der Waals surface area contributed by atoms with Crippen molar-refractivity contribution in [3.63, 3.8) is 0 Å². The number of nitrogens with zero attached hydrogens (tertiary/aromatic N) is 2. The molecule has 0 saturated heterocycles. The second kappa shape index (κ2) is 4.87. The molecule has 7 heteroatoms. The number of esters is 1. The molecule has 0 bridgehead atoms. The lowest BCUT2D eigenvalue weighted by Crippen LogP contribution is -2.37. The summed E-state index contributed by atoms with van der Waals surface area (Å²) < 4.78 is 12.5. The normalized spacial score (nSPS) is 18.8. The summed E-state index contributed by atoms with van der Waals surface area (Å²) in [6.07, 6.45) is 1.83. The van der Waals surface area contributed by atoms with Crippen molar-refractivity contribution in [3.05, 3.63) is 52.3 Å². The minimum absolute atomic E-state index is 0.0152. The highest BCUT2D eigenvalue weighted by Crippen LogP contribution is 2.42. The number of fused-ring (bicyclic) bond motifs is 3. The Bertz CT molecular complexity index is 767. The number of methoxy groups -OCH3 is 1. The van der Waals surface area contributed by atoms with Crippen molar-refractivity contribution < 1.29 is 19.2 Å². The lowest BCUT2D eigenvalue weighted by atomic mass is 9.95. The van der Waals surface area contributed by atoms with Gasteiger partial charge in [0.25, 0.3) is 5.69 Å². The van der Waals surface area contributed by atoms with Crippen LogP contribution in [0.25, 0.3) is 5.69 Å². The predicted octanol–water partition coefficient (Wildman–Crippen LogP) is 2.56. The van der Waals surface area contributed by atoms with Gasteiger partial charge in [0.1, 0.15) is 5.75 Å². The molecule has 0 N–H and O–H groups in total. The standard InChI is InChI=1S/C15H14N2O5/c1-15(9-14(18)21-2)13-4-3-7-16(13)11-8-10(17(19)20)5-6-12(11)22-15/h3-8H,9H2,1-2H3. The quantitative estimate of drug-likeness (QED) is 0.494. The predicted molar refractivity (Wildman–Crippen MR) is 77.0 cm³/mol. The zero-order valence-electron chi connectivity index (χ0n) is 12.1. The third-order valence-electron chi connectivity index (χ3n) is 3.75. The van der Waals surface area contributed by atoms with Crippen LogP contribution in [-0.4, -0.2) is 22.6 Å². The van der Waals surface area contributed by atoms with Gasteiger partial charge in [0.05, 0.1) is 29.8 Å². The number of nitro benzene ring substituents is 1. The summed E-state index contributed by atoms with van der Waals surface area (Å²) in [6, 6.07) is 8.02. The number of benzene rings is 1. The Morgan fingerprint density at radius 1 is 1.45 bits per heavy atom. The number of ether oxygens (including phenoxy) is 2. The highest BCUT2D eigenvalue weighted by atomic mass is 16.6. The number of rotatable bonds is 3. The minimum atomic E-state index is -0.889. The summed E-state index contributed by atoms with van der Waals surface area (Å²) in [6.45, 7) is 1.79. The van der Waals surface area contributed by atoms with Crippen molar-refractivity contribution in [2.75, 3.05) is 7.11 Å². The first-order valence-corrected chi connectivity index (χ1v) is 6.67. The van der Waals surface area contributed by atoms with E-state index in [0.717, 1.165) is 5.69 Å². The molecule has 7 nitrogen and oxygen atoms in total. The Hall–Kier alpha value is -2.83. The monoisotopic (exact) mass is 302 g/mol. The van der Waals surface area contributed by atoms with Crippen molar-refractivity contribution >= 4 is 11.7 Å². The van der Waals surface area contributed by atoms with Gasteiger partial charge in [-0.25, -0.2) is 0 Å². The molecule has 2 heterocycles. The molecule has 1 atom stereocenters. The molecule has 1 aliphatic heterocycles. The fourth-order valence-electron chi connectivity index (χ4n) is 2.69. The van der Waals surface area contributed by atoms with Gasteiger partial charge >= 0.3 is 5.97 Å². The largest absolute Gasteiger partial charge is 0.478 e. The number of carbonyl (C=O) groups is 1. The summed E-state index contributed by atoms with van der Waals surface area (Å²) in [4.78, 5) is 22.2. The second-order valence-corrected chi connectivity index (χ2v) is 5.26. The van der Waals surface area contributed by atoms with Gasteiger partial charge in [-0.05, 0) is 25.1 Å². The van der Waals surface area contributed by atoms with Gasteiger partial charge in [0.15, 0.2) is 5.60 Å². The number of non-ortho nitro benzene ring substituents is 1. The maximum atomic E-state index is 11.7. The van der Waals surface area contributed by atoms with Crippen LogP contribution in [0.5, 0.6) is 5.75 Å². The molecule has 2 aromatic rings.